The molecule has 1 aliphatic heterocycles. The summed E-state index contributed by atoms with van der Waals surface area (Å²) in [6.45, 7) is 2.39. The van der Waals surface area contributed by atoms with E-state index in [0.29, 0.717) is 5.69 Å². The number of fused-ring (bicyclic) bond motifs is 3. The summed E-state index contributed by atoms with van der Waals surface area (Å²) >= 11 is 0. The minimum atomic E-state index is -3.51. The molecule has 1 saturated heterocycles. The van der Waals surface area contributed by atoms with Gasteiger partial charge in [-0.15, -0.1) is 0 Å². The van der Waals surface area contributed by atoms with Gasteiger partial charge in [-0.2, -0.15) is 0 Å². The molecule has 0 spiro atoms. The summed E-state index contributed by atoms with van der Waals surface area (Å²) in [5, 5.41) is 13.0. The fourth-order valence-electron chi connectivity index (χ4n) is 5.53. The highest BCUT2D eigenvalue weighted by Gasteiger charge is 2.53. The van der Waals surface area contributed by atoms with Crippen molar-refractivity contribution in [3.8, 4) is 0 Å². The highest BCUT2D eigenvalue weighted by Crippen LogP contribution is 2.51. The first-order chi connectivity index (χ1) is 15.9. The van der Waals surface area contributed by atoms with Gasteiger partial charge in [0, 0.05) is 43.1 Å². The van der Waals surface area contributed by atoms with E-state index in [1.165, 1.54) is 7.11 Å². The molecule has 2 unspecified atom stereocenters. The van der Waals surface area contributed by atoms with Gasteiger partial charge in [-0.25, -0.2) is 8.42 Å². The van der Waals surface area contributed by atoms with Gasteiger partial charge in [-0.05, 0) is 42.7 Å². The van der Waals surface area contributed by atoms with Crippen molar-refractivity contribution < 1.29 is 22.7 Å². The molecule has 2 bridgehead atoms. The molecule has 2 fully saturated rings. The van der Waals surface area contributed by atoms with Crippen LogP contribution >= 0.6 is 0 Å². The molecular formula is C25H30N2O5S. The van der Waals surface area contributed by atoms with Gasteiger partial charge in [0.25, 0.3) is 0 Å². The second-order valence-corrected chi connectivity index (χ2v) is 11.1. The number of hydrogen-bond acceptors (Lipinski definition) is 6. The summed E-state index contributed by atoms with van der Waals surface area (Å²) < 4.78 is 38.1. The Kier molecular flexibility index (Phi) is 5.95. The Morgan fingerprint density at radius 3 is 2.61 bits per heavy atom. The van der Waals surface area contributed by atoms with E-state index in [0.717, 1.165) is 54.8 Å². The topological polar surface area (TPSA) is 92.0 Å². The summed E-state index contributed by atoms with van der Waals surface area (Å²) in [7, 11) is -2.03. The molecule has 2 aromatic carbocycles. The van der Waals surface area contributed by atoms with Crippen molar-refractivity contribution in [2.45, 2.75) is 25.0 Å². The first-order valence-corrected chi connectivity index (χ1v) is 13.0. The standard InChI is InChI=1S/C25H30N2O5S/c1-31-11-12-33(29,30)26-22-7-4-6-19(14-22)25(28)20-9-10-21(25)16-27(15-20)17-23-13-18-5-2-3-8-24(18)32-23/h2-8,13-14,20-21,26,28H,9-12,15-17H2,1H3. The molecule has 3 aromatic rings. The lowest BCUT2D eigenvalue weighted by Crippen LogP contribution is -2.51. The lowest BCUT2D eigenvalue weighted by atomic mass is 9.75. The normalized spacial score (nSPS) is 25.5. The SMILES string of the molecule is COCCS(=O)(=O)Nc1cccc(C2(O)C3CCC2CN(Cc2cc4ccccc4o2)C3)c1. The van der Waals surface area contributed by atoms with Crippen LogP contribution in [0.2, 0.25) is 0 Å². The molecule has 176 valence electrons. The van der Waals surface area contributed by atoms with Crippen molar-refractivity contribution in [3.05, 3.63) is 65.9 Å². The van der Waals surface area contributed by atoms with Crippen LogP contribution in [0.5, 0.6) is 0 Å². The number of nitrogens with one attached hydrogen (secondary N) is 1. The van der Waals surface area contributed by atoms with Crippen LogP contribution in [0.15, 0.2) is 59.0 Å². The second kappa shape index (κ2) is 8.76. The monoisotopic (exact) mass is 470 g/mol. The van der Waals surface area contributed by atoms with Crippen LogP contribution in [0.1, 0.15) is 24.2 Å². The molecule has 2 atom stereocenters. The van der Waals surface area contributed by atoms with Gasteiger partial charge in [0.2, 0.25) is 10.0 Å². The lowest BCUT2D eigenvalue weighted by Gasteiger charge is -2.44. The van der Waals surface area contributed by atoms with E-state index in [1.54, 1.807) is 12.1 Å². The largest absolute Gasteiger partial charge is 0.460 e. The van der Waals surface area contributed by atoms with Crippen LogP contribution in [-0.4, -0.2) is 51.0 Å². The Labute approximate surface area is 194 Å². The van der Waals surface area contributed by atoms with E-state index in [4.69, 9.17) is 9.15 Å². The number of ether oxygens (including phenoxy) is 1. The predicted molar refractivity (Wildman–Crippen MR) is 127 cm³/mol. The number of aliphatic hydroxyl groups is 1. The first-order valence-electron chi connectivity index (χ1n) is 11.4. The molecule has 2 aliphatic rings. The van der Waals surface area contributed by atoms with Gasteiger partial charge in [-0.3, -0.25) is 9.62 Å². The Morgan fingerprint density at radius 1 is 1.12 bits per heavy atom. The third-order valence-corrected chi connectivity index (χ3v) is 8.33. The number of sulfonamides is 1. The smallest absolute Gasteiger partial charge is 0.234 e. The molecule has 0 radical (unpaired) electrons. The number of piperidine rings is 1. The Balaban J connectivity index is 1.32. The number of likely N-dealkylation sites (tertiary alicyclic amines) is 1. The number of benzene rings is 2. The van der Waals surface area contributed by atoms with E-state index in [9.17, 15) is 13.5 Å². The zero-order chi connectivity index (χ0) is 23.1. The summed E-state index contributed by atoms with van der Waals surface area (Å²) in [6, 6.07) is 17.3. The van der Waals surface area contributed by atoms with Gasteiger partial charge in [0.1, 0.15) is 11.3 Å². The third kappa shape index (κ3) is 4.40. The number of methoxy groups -OCH3 is 1. The molecule has 1 aromatic heterocycles. The summed E-state index contributed by atoms with van der Waals surface area (Å²) in [6.07, 6.45) is 1.89. The molecule has 1 aliphatic carbocycles. The fraction of sp³-hybridized carbons (Fsp3) is 0.440. The van der Waals surface area contributed by atoms with E-state index in [1.807, 2.05) is 30.3 Å². The van der Waals surface area contributed by atoms with Crippen molar-refractivity contribution in [2.75, 3.05) is 37.3 Å². The number of hydrogen-bond donors (Lipinski definition) is 2. The van der Waals surface area contributed by atoms with E-state index in [-0.39, 0.29) is 24.2 Å². The molecule has 33 heavy (non-hydrogen) atoms. The Morgan fingerprint density at radius 2 is 1.88 bits per heavy atom. The molecule has 2 heterocycles. The van der Waals surface area contributed by atoms with Crippen LogP contribution in [0, 0.1) is 11.8 Å². The van der Waals surface area contributed by atoms with E-state index >= 15 is 0 Å². The fourth-order valence-corrected chi connectivity index (χ4v) is 6.50. The maximum Gasteiger partial charge on any atom is 0.234 e. The predicted octanol–water partition coefficient (Wildman–Crippen LogP) is 3.55. The third-order valence-electron chi connectivity index (χ3n) is 7.08. The maximum atomic E-state index is 12.3. The van der Waals surface area contributed by atoms with Crippen LogP contribution in [0.25, 0.3) is 11.0 Å². The maximum absolute atomic E-state index is 12.3. The quantitative estimate of drug-likeness (QED) is 0.523. The Hall–Kier alpha value is -2.39. The zero-order valence-electron chi connectivity index (χ0n) is 18.7. The molecular weight excluding hydrogens is 440 g/mol. The summed E-state index contributed by atoms with van der Waals surface area (Å²) in [4.78, 5) is 2.37. The molecule has 7 nitrogen and oxygen atoms in total. The van der Waals surface area contributed by atoms with Gasteiger partial charge < -0.3 is 14.3 Å². The van der Waals surface area contributed by atoms with Crippen LogP contribution in [-0.2, 0) is 26.9 Å². The van der Waals surface area contributed by atoms with Gasteiger partial charge in [-0.1, -0.05) is 30.3 Å². The van der Waals surface area contributed by atoms with E-state index < -0.39 is 15.6 Å². The van der Waals surface area contributed by atoms with Crippen molar-refractivity contribution >= 4 is 26.7 Å². The molecule has 2 N–H and O–H groups in total. The minimum absolute atomic E-state index is 0.0842. The molecule has 0 amide bonds. The van der Waals surface area contributed by atoms with Crippen LogP contribution in [0.3, 0.4) is 0 Å². The van der Waals surface area contributed by atoms with Crippen molar-refractivity contribution in [1.29, 1.82) is 0 Å². The van der Waals surface area contributed by atoms with Crippen molar-refractivity contribution in [1.82, 2.24) is 4.90 Å². The van der Waals surface area contributed by atoms with Crippen molar-refractivity contribution in [3.63, 3.8) is 0 Å². The summed E-state index contributed by atoms with van der Waals surface area (Å²) in [5.41, 5.74) is 1.19. The highest BCUT2D eigenvalue weighted by molar-refractivity contribution is 7.92. The van der Waals surface area contributed by atoms with Gasteiger partial charge >= 0.3 is 0 Å². The zero-order valence-corrected chi connectivity index (χ0v) is 19.6. The average Bonchev–Trinajstić information content (AvgIpc) is 3.25. The number of nitrogens with zero attached hydrogens (tertiary/aromatic N) is 1. The number of para-hydroxylation sites is 1. The molecule has 5 rings (SSSR count). The molecule has 1 saturated carbocycles. The van der Waals surface area contributed by atoms with Crippen molar-refractivity contribution in [2.24, 2.45) is 11.8 Å². The number of furan rings is 1. The molecule has 8 heteroatoms. The van der Waals surface area contributed by atoms with Crippen LogP contribution < -0.4 is 4.72 Å². The van der Waals surface area contributed by atoms with Gasteiger partial charge in [0.15, 0.2) is 0 Å². The minimum Gasteiger partial charge on any atom is -0.460 e. The highest BCUT2D eigenvalue weighted by atomic mass is 32.2. The first kappa shape index (κ1) is 22.4. The second-order valence-electron chi connectivity index (χ2n) is 9.24. The van der Waals surface area contributed by atoms with Crippen LogP contribution in [0.4, 0.5) is 5.69 Å². The number of rotatable bonds is 8. The lowest BCUT2D eigenvalue weighted by molar-refractivity contribution is -0.0922. The Bertz CT molecular complexity index is 1190. The summed E-state index contributed by atoms with van der Waals surface area (Å²) in [5.74, 6) is 0.996. The van der Waals surface area contributed by atoms with Gasteiger partial charge in [0.05, 0.1) is 24.5 Å². The number of anilines is 1. The average molecular weight is 471 g/mol. The van der Waals surface area contributed by atoms with E-state index in [2.05, 4.69) is 21.8 Å².